The normalized spacial score (nSPS) is 16.6. The molecular weight excluding hydrogens is 212 g/mol. The molecule has 1 unspecified atom stereocenters. The first-order chi connectivity index (χ1) is 8.19. The summed E-state index contributed by atoms with van der Waals surface area (Å²) in [5, 5.41) is 6.77. The van der Waals surface area contributed by atoms with E-state index in [9.17, 15) is 0 Å². The van der Waals surface area contributed by atoms with Crippen LogP contribution in [0.25, 0.3) is 0 Å². The first-order valence-corrected chi connectivity index (χ1v) is 6.55. The van der Waals surface area contributed by atoms with E-state index in [0.29, 0.717) is 6.04 Å². The Labute approximate surface area is 103 Å². The maximum Gasteiger partial charge on any atom is 0.132 e. The van der Waals surface area contributed by atoms with E-state index in [1.54, 1.807) is 0 Å². The molecule has 0 aromatic carbocycles. The molecule has 1 fully saturated rings. The van der Waals surface area contributed by atoms with Crippen molar-refractivity contribution in [1.29, 1.82) is 0 Å². The summed E-state index contributed by atoms with van der Waals surface area (Å²) in [5.41, 5.74) is 0. The molecule has 1 heterocycles. The maximum atomic E-state index is 4.43. The summed E-state index contributed by atoms with van der Waals surface area (Å²) in [6, 6.07) is 2.52. The van der Waals surface area contributed by atoms with Crippen LogP contribution in [0.15, 0.2) is 6.07 Å². The summed E-state index contributed by atoms with van der Waals surface area (Å²) in [6.07, 6.45) is 3.79. The molecule has 1 aromatic heterocycles. The second-order valence-electron chi connectivity index (χ2n) is 4.88. The second-order valence-corrected chi connectivity index (χ2v) is 4.88. The van der Waals surface area contributed by atoms with E-state index in [4.69, 9.17) is 0 Å². The highest BCUT2D eigenvalue weighted by Gasteiger charge is 2.28. The van der Waals surface area contributed by atoms with Gasteiger partial charge in [-0.3, -0.25) is 0 Å². The SMILES string of the molecule is CCCNc1cc(NC(C)C2CC2)nc(C)n1. The molecule has 0 radical (unpaired) electrons. The van der Waals surface area contributed by atoms with E-state index in [0.717, 1.165) is 36.3 Å². The van der Waals surface area contributed by atoms with E-state index < -0.39 is 0 Å². The van der Waals surface area contributed by atoms with Crippen LogP contribution in [0, 0.1) is 12.8 Å². The Morgan fingerprint density at radius 2 is 2.06 bits per heavy atom. The number of nitrogens with zero attached hydrogens (tertiary/aromatic N) is 2. The lowest BCUT2D eigenvalue weighted by Gasteiger charge is -2.15. The largest absolute Gasteiger partial charge is 0.370 e. The lowest BCUT2D eigenvalue weighted by Crippen LogP contribution is -2.18. The maximum absolute atomic E-state index is 4.43. The Balaban J connectivity index is 2.02. The average Bonchev–Trinajstić information content (AvgIpc) is 3.09. The van der Waals surface area contributed by atoms with Crippen LogP contribution in [0.1, 0.15) is 38.9 Å². The van der Waals surface area contributed by atoms with Crippen molar-refractivity contribution >= 4 is 11.6 Å². The van der Waals surface area contributed by atoms with Crippen molar-refractivity contribution in [2.24, 2.45) is 5.92 Å². The monoisotopic (exact) mass is 234 g/mol. The third kappa shape index (κ3) is 3.58. The molecule has 0 saturated heterocycles. The summed E-state index contributed by atoms with van der Waals surface area (Å²) >= 11 is 0. The standard InChI is InChI=1S/C13H22N4/c1-4-7-14-12-8-13(17-10(3)16-12)15-9(2)11-5-6-11/h8-9,11H,4-7H2,1-3H3,(H2,14,15,16,17). The molecule has 1 aliphatic carbocycles. The van der Waals surface area contributed by atoms with Gasteiger partial charge in [0.15, 0.2) is 0 Å². The molecule has 0 amide bonds. The van der Waals surface area contributed by atoms with Crippen molar-refractivity contribution in [2.45, 2.75) is 46.1 Å². The molecule has 1 saturated carbocycles. The lowest BCUT2D eigenvalue weighted by molar-refractivity contribution is 0.689. The first-order valence-electron chi connectivity index (χ1n) is 6.55. The highest BCUT2D eigenvalue weighted by atomic mass is 15.1. The molecule has 4 nitrogen and oxygen atoms in total. The Morgan fingerprint density at radius 3 is 2.71 bits per heavy atom. The fourth-order valence-corrected chi connectivity index (χ4v) is 1.93. The van der Waals surface area contributed by atoms with E-state index >= 15 is 0 Å². The van der Waals surface area contributed by atoms with Crippen LogP contribution in [-0.4, -0.2) is 22.6 Å². The fourth-order valence-electron chi connectivity index (χ4n) is 1.93. The number of aromatic nitrogens is 2. The molecule has 1 aliphatic rings. The minimum absolute atomic E-state index is 0.517. The van der Waals surface area contributed by atoms with Crippen molar-refractivity contribution < 1.29 is 0 Å². The van der Waals surface area contributed by atoms with Gasteiger partial charge < -0.3 is 10.6 Å². The first kappa shape index (κ1) is 12.1. The quantitative estimate of drug-likeness (QED) is 0.794. The van der Waals surface area contributed by atoms with Gasteiger partial charge in [0, 0.05) is 18.7 Å². The van der Waals surface area contributed by atoms with Gasteiger partial charge in [0.05, 0.1) is 0 Å². The Kier molecular flexibility index (Phi) is 3.82. The van der Waals surface area contributed by atoms with Gasteiger partial charge in [-0.15, -0.1) is 0 Å². The average molecular weight is 234 g/mol. The molecule has 1 atom stereocenters. The third-order valence-corrected chi connectivity index (χ3v) is 3.10. The van der Waals surface area contributed by atoms with Gasteiger partial charge in [0.25, 0.3) is 0 Å². The zero-order valence-corrected chi connectivity index (χ0v) is 11.0. The molecule has 4 heteroatoms. The summed E-state index contributed by atoms with van der Waals surface area (Å²) in [4.78, 5) is 8.81. The number of aryl methyl sites for hydroxylation is 1. The van der Waals surface area contributed by atoms with Gasteiger partial charge in [-0.2, -0.15) is 0 Å². The van der Waals surface area contributed by atoms with Crippen LogP contribution in [-0.2, 0) is 0 Å². The Morgan fingerprint density at radius 1 is 1.35 bits per heavy atom. The minimum Gasteiger partial charge on any atom is -0.370 e. The molecule has 94 valence electrons. The smallest absolute Gasteiger partial charge is 0.132 e. The lowest BCUT2D eigenvalue weighted by atomic mass is 10.2. The molecule has 2 rings (SSSR count). The van der Waals surface area contributed by atoms with Gasteiger partial charge in [0.1, 0.15) is 17.5 Å². The topological polar surface area (TPSA) is 49.8 Å². The van der Waals surface area contributed by atoms with Crippen LogP contribution in [0.3, 0.4) is 0 Å². The highest BCUT2D eigenvalue weighted by molar-refractivity contribution is 5.48. The number of nitrogens with one attached hydrogen (secondary N) is 2. The Bertz CT molecular complexity index is 374. The third-order valence-electron chi connectivity index (χ3n) is 3.10. The zero-order chi connectivity index (χ0) is 12.3. The fraction of sp³-hybridized carbons (Fsp3) is 0.692. The zero-order valence-electron chi connectivity index (χ0n) is 11.0. The van der Waals surface area contributed by atoms with E-state index in [-0.39, 0.29) is 0 Å². The number of hydrogen-bond acceptors (Lipinski definition) is 4. The number of rotatable bonds is 6. The van der Waals surface area contributed by atoms with Gasteiger partial charge in [-0.25, -0.2) is 9.97 Å². The predicted octanol–water partition coefficient (Wildman–Crippen LogP) is 2.82. The summed E-state index contributed by atoms with van der Waals surface area (Å²) in [7, 11) is 0. The highest BCUT2D eigenvalue weighted by Crippen LogP contribution is 2.33. The van der Waals surface area contributed by atoms with Crippen LogP contribution < -0.4 is 10.6 Å². The van der Waals surface area contributed by atoms with Crippen LogP contribution in [0.5, 0.6) is 0 Å². The van der Waals surface area contributed by atoms with Gasteiger partial charge >= 0.3 is 0 Å². The summed E-state index contributed by atoms with van der Waals surface area (Å²) in [5.74, 6) is 3.51. The van der Waals surface area contributed by atoms with E-state index in [2.05, 4.69) is 34.4 Å². The summed E-state index contributed by atoms with van der Waals surface area (Å²) < 4.78 is 0. The van der Waals surface area contributed by atoms with Crippen LogP contribution in [0.2, 0.25) is 0 Å². The number of hydrogen-bond donors (Lipinski definition) is 2. The molecule has 0 bridgehead atoms. The molecule has 0 spiro atoms. The van der Waals surface area contributed by atoms with Crippen molar-refractivity contribution in [3.05, 3.63) is 11.9 Å². The number of anilines is 2. The molecule has 1 aromatic rings. The molecular formula is C13H22N4. The van der Waals surface area contributed by atoms with Crippen molar-refractivity contribution in [2.75, 3.05) is 17.2 Å². The van der Waals surface area contributed by atoms with E-state index in [1.165, 1.54) is 12.8 Å². The van der Waals surface area contributed by atoms with Crippen molar-refractivity contribution in [3.63, 3.8) is 0 Å². The Hall–Kier alpha value is -1.32. The summed E-state index contributed by atoms with van der Waals surface area (Å²) in [6.45, 7) is 7.27. The van der Waals surface area contributed by atoms with Crippen molar-refractivity contribution in [3.8, 4) is 0 Å². The molecule has 2 N–H and O–H groups in total. The molecule has 0 aliphatic heterocycles. The van der Waals surface area contributed by atoms with Crippen molar-refractivity contribution in [1.82, 2.24) is 9.97 Å². The minimum atomic E-state index is 0.517. The van der Waals surface area contributed by atoms with Crippen LogP contribution in [0.4, 0.5) is 11.6 Å². The van der Waals surface area contributed by atoms with Crippen LogP contribution >= 0.6 is 0 Å². The van der Waals surface area contributed by atoms with Gasteiger partial charge in [-0.1, -0.05) is 6.92 Å². The second kappa shape index (κ2) is 5.34. The molecule has 17 heavy (non-hydrogen) atoms. The van der Waals surface area contributed by atoms with Gasteiger partial charge in [0.2, 0.25) is 0 Å². The predicted molar refractivity (Wildman–Crippen MR) is 71.4 cm³/mol. The van der Waals surface area contributed by atoms with E-state index in [1.807, 2.05) is 13.0 Å². The van der Waals surface area contributed by atoms with Gasteiger partial charge in [-0.05, 0) is 39.0 Å².